The summed E-state index contributed by atoms with van der Waals surface area (Å²) in [7, 11) is 0. The van der Waals surface area contributed by atoms with Crippen molar-refractivity contribution in [1.29, 1.82) is 0 Å². The summed E-state index contributed by atoms with van der Waals surface area (Å²) < 4.78 is 0. The summed E-state index contributed by atoms with van der Waals surface area (Å²) in [5, 5.41) is 0. The second-order valence-electron chi connectivity index (χ2n) is 5.43. The molecule has 2 bridgehead atoms. The highest BCUT2D eigenvalue weighted by atomic mass is 14.5. The highest BCUT2D eigenvalue weighted by Crippen LogP contribution is 2.50. The monoisotopic (exact) mass is 166 g/mol. The Morgan fingerprint density at radius 3 is 1.92 bits per heavy atom. The van der Waals surface area contributed by atoms with Crippen molar-refractivity contribution < 1.29 is 0 Å². The molecule has 0 N–H and O–H groups in total. The SMILES string of the molecule is CC(C)C1CC2CCC(C1)C2C. The van der Waals surface area contributed by atoms with Crippen molar-refractivity contribution in [2.75, 3.05) is 0 Å². The smallest absolute Gasteiger partial charge is 0.0383 e. The van der Waals surface area contributed by atoms with Crippen LogP contribution in [0.4, 0.5) is 0 Å². The molecule has 2 fully saturated rings. The van der Waals surface area contributed by atoms with Gasteiger partial charge in [-0.2, -0.15) is 0 Å². The molecule has 2 atom stereocenters. The molecule has 0 saturated heterocycles. The summed E-state index contributed by atoms with van der Waals surface area (Å²) in [6.07, 6.45) is 6.15. The van der Waals surface area contributed by atoms with Gasteiger partial charge in [0.25, 0.3) is 0 Å². The van der Waals surface area contributed by atoms with Gasteiger partial charge in [0.1, 0.15) is 0 Å². The van der Waals surface area contributed by atoms with Crippen LogP contribution in [0.5, 0.6) is 0 Å². The molecule has 2 aliphatic rings. The predicted molar refractivity (Wildman–Crippen MR) is 52.9 cm³/mol. The Kier molecular flexibility index (Phi) is 2.18. The zero-order valence-electron chi connectivity index (χ0n) is 8.72. The van der Waals surface area contributed by atoms with Crippen LogP contribution >= 0.6 is 0 Å². The molecule has 0 aromatic heterocycles. The molecule has 0 aromatic carbocycles. The molecule has 0 amide bonds. The highest BCUT2D eigenvalue weighted by Gasteiger charge is 2.40. The van der Waals surface area contributed by atoms with E-state index in [0.717, 1.165) is 29.6 Å². The van der Waals surface area contributed by atoms with Gasteiger partial charge >= 0.3 is 0 Å². The molecule has 0 aromatic rings. The van der Waals surface area contributed by atoms with Gasteiger partial charge in [0.15, 0.2) is 0 Å². The molecule has 0 radical (unpaired) electrons. The van der Waals surface area contributed by atoms with Crippen LogP contribution in [0.1, 0.15) is 46.5 Å². The van der Waals surface area contributed by atoms with Crippen molar-refractivity contribution in [2.24, 2.45) is 29.6 Å². The lowest BCUT2D eigenvalue weighted by Crippen LogP contribution is -2.26. The maximum atomic E-state index is 2.48. The maximum absolute atomic E-state index is 2.48. The van der Waals surface area contributed by atoms with E-state index < -0.39 is 0 Å². The van der Waals surface area contributed by atoms with Gasteiger partial charge in [-0.1, -0.05) is 20.8 Å². The van der Waals surface area contributed by atoms with E-state index >= 15 is 0 Å². The van der Waals surface area contributed by atoms with Crippen molar-refractivity contribution in [3.8, 4) is 0 Å². The molecular weight excluding hydrogens is 144 g/mol. The van der Waals surface area contributed by atoms with E-state index in [1.807, 2.05) is 0 Å². The van der Waals surface area contributed by atoms with Crippen LogP contribution in [0.2, 0.25) is 0 Å². The van der Waals surface area contributed by atoms with Crippen LogP contribution < -0.4 is 0 Å². The number of fused-ring (bicyclic) bond motifs is 2. The molecule has 0 heteroatoms. The zero-order chi connectivity index (χ0) is 8.72. The third-order valence-electron chi connectivity index (χ3n) is 4.55. The second kappa shape index (κ2) is 3.05. The molecule has 0 spiro atoms. The van der Waals surface area contributed by atoms with Crippen molar-refractivity contribution >= 4 is 0 Å². The molecule has 2 rings (SSSR count). The van der Waals surface area contributed by atoms with Gasteiger partial charge in [0.2, 0.25) is 0 Å². The normalized spacial score (nSPS) is 47.0. The predicted octanol–water partition coefficient (Wildman–Crippen LogP) is 3.71. The van der Waals surface area contributed by atoms with E-state index in [9.17, 15) is 0 Å². The largest absolute Gasteiger partial charge is 0.0625 e. The van der Waals surface area contributed by atoms with Crippen LogP contribution in [-0.2, 0) is 0 Å². The van der Waals surface area contributed by atoms with Crippen LogP contribution in [0.3, 0.4) is 0 Å². The van der Waals surface area contributed by atoms with Crippen molar-refractivity contribution in [3.63, 3.8) is 0 Å². The Hall–Kier alpha value is 0. The standard InChI is InChI=1S/C12H22/c1-8(2)12-6-10-4-5-11(7-12)9(10)3/h8-12H,4-7H2,1-3H3. The topological polar surface area (TPSA) is 0 Å². The fourth-order valence-corrected chi connectivity index (χ4v) is 3.42. The Labute approximate surface area is 76.7 Å². The summed E-state index contributed by atoms with van der Waals surface area (Å²) in [6.45, 7) is 7.29. The molecule has 12 heavy (non-hydrogen) atoms. The summed E-state index contributed by atoms with van der Waals surface area (Å²) in [5.74, 6) is 5.23. The fourth-order valence-electron chi connectivity index (χ4n) is 3.42. The molecule has 2 saturated carbocycles. The molecule has 70 valence electrons. The first kappa shape index (κ1) is 8.59. The summed E-state index contributed by atoms with van der Waals surface area (Å²) in [5.41, 5.74) is 0. The molecule has 2 unspecified atom stereocenters. The van der Waals surface area contributed by atoms with Gasteiger partial charge in [-0.3, -0.25) is 0 Å². The van der Waals surface area contributed by atoms with Gasteiger partial charge in [0, 0.05) is 0 Å². The van der Waals surface area contributed by atoms with Gasteiger partial charge in [-0.15, -0.1) is 0 Å². The minimum absolute atomic E-state index is 0.931. The Balaban J connectivity index is 2.02. The third-order valence-corrected chi connectivity index (χ3v) is 4.55. The van der Waals surface area contributed by atoms with E-state index in [-0.39, 0.29) is 0 Å². The van der Waals surface area contributed by atoms with E-state index in [2.05, 4.69) is 20.8 Å². The van der Waals surface area contributed by atoms with Gasteiger partial charge in [-0.05, 0) is 55.3 Å². The fraction of sp³-hybridized carbons (Fsp3) is 1.00. The van der Waals surface area contributed by atoms with E-state index in [1.165, 1.54) is 25.7 Å². The van der Waals surface area contributed by atoms with Gasteiger partial charge in [0.05, 0.1) is 0 Å². The third kappa shape index (κ3) is 1.30. The van der Waals surface area contributed by atoms with Crippen molar-refractivity contribution in [2.45, 2.75) is 46.5 Å². The number of hydrogen-bond donors (Lipinski definition) is 0. The average molecular weight is 166 g/mol. The first-order valence-corrected chi connectivity index (χ1v) is 5.68. The lowest BCUT2D eigenvalue weighted by Gasteiger charge is -2.35. The molecular formula is C12H22. The second-order valence-corrected chi connectivity index (χ2v) is 5.43. The Morgan fingerprint density at radius 1 is 1.00 bits per heavy atom. The lowest BCUT2D eigenvalue weighted by atomic mass is 9.71. The zero-order valence-corrected chi connectivity index (χ0v) is 8.72. The summed E-state index contributed by atoms with van der Waals surface area (Å²) in [6, 6.07) is 0. The lowest BCUT2D eigenvalue weighted by molar-refractivity contribution is 0.149. The van der Waals surface area contributed by atoms with Crippen LogP contribution in [0.15, 0.2) is 0 Å². The van der Waals surface area contributed by atoms with E-state index in [1.54, 1.807) is 0 Å². The molecule has 2 aliphatic carbocycles. The summed E-state index contributed by atoms with van der Waals surface area (Å²) >= 11 is 0. The first-order chi connectivity index (χ1) is 5.68. The first-order valence-electron chi connectivity index (χ1n) is 5.68. The minimum Gasteiger partial charge on any atom is -0.0625 e. The quantitative estimate of drug-likeness (QED) is 0.557. The van der Waals surface area contributed by atoms with Crippen molar-refractivity contribution in [1.82, 2.24) is 0 Å². The van der Waals surface area contributed by atoms with E-state index in [0.29, 0.717) is 0 Å². The Morgan fingerprint density at radius 2 is 1.50 bits per heavy atom. The van der Waals surface area contributed by atoms with Gasteiger partial charge in [-0.25, -0.2) is 0 Å². The Bertz CT molecular complexity index is 145. The van der Waals surface area contributed by atoms with Gasteiger partial charge < -0.3 is 0 Å². The van der Waals surface area contributed by atoms with Crippen molar-refractivity contribution in [3.05, 3.63) is 0 Å². The number of hydrogen-bond acceptors (Lipinski definition) is 0. The maximum Gasteiger partial charge on any atom is -0.0383 e. The molecule has 0 heterocycles. The molecule has 0 aliphatic heterocycles. The van der Waals surface area contributed by atoms with E-state index in [4.69, 9.17) is 0 Å². The molecule has 0 nitrogen and oxygen atoms in total. The number of rotatable bonds is 1. The summed E-state index contributed by atoms with van der Waals surface area (Å²) in [4.78, 5) is 0. The minimum atomic E-state index is 0.931. The van der Waals surface area contributed by atoms with Crippen LogP contribution in [0.25, 0.3) is 0 Å². The average Bonchev–Trinajstić information content (AvgIpc) is 2.30. The van der Waals surface area contributed by atoms with Crippen LogP contribution in [0, 0.1) is 29.6 Å². The van der Waals surface area contributed by atoms with Crippen LogP contribution in [-0.4, -0.2) is 0 Å². The highest BCUT2D eigenvalue weighted by molar-refractivity contribution is 4.90.